The summed E-state index contributed by atoms with van der Waals surface area (Å²) in [4.78, 5) is 29.0. The van der Waals surface area contributed by atoms with Crippen molar-refractivity contribution in [1.29, 1.82) is 0 Å². The maximum atomic E-state index is 13.3. The second-order valence-corrected chi connectivity index (χ2v) is 9.22. The minimum absolute atomic E-state index is 0.0542. The Morgan fingerprint density at radius 1 is 1.00 bits per heavy atom. The molecule has 3 aromatic carbocycles. The van der Waals surface area contributed by atoms with E-state index in [1.54, 1.807) is 30.5 Å². The molecule has 1 unspecified atom stereocenters. The first-order valence-electron chi connectivity index (χ1n) is 12.1. The highest BCUT2D eigenvalue weighted by Crippen LogP contribution is 2.33. The third kappa shape index (κ3) is 6.66. The molecule has 1 N–H and O–H groups in total. The first-order valence-corrected chi connectivity index (χ1v) is 12.5. The Labute approximate surface area is 221 Å². The molecule has 1 atom stereocenters. The van der Waals surface area contributed by atoms with E-state index in [0.29, 0.717) is 29.4 Å². The Balaban J connectivity index is 1.57. The smallest absolute Gasteiger partial charge is 0.338 e. The normalized spacial score (nSPS) is 16.1. The number of esters is 1. The summed E-state index contributed by atoms with van der Waals surface area (Å²) in [5.74, 6) is -0.656. The zero-order valence-corrected chi connectivity index (χ0v) is 21.3. The van der Waals surface area contributed by atoms with Crippen LogP contribution in [0.25, 0.3) is 11.1 Å². The van der Waals surface area contributed by atoms with Gasteiger partial charge in [0.1, 0.15) is 5.75 Å². The van der Waals surface area contributed by atoms with E-state index >= 15 is 0 Å². The lowest BCUT2D eigenvalue weighted by atomic mass is 9.89. The van der Waals surface area contributed by atoms with Crippen LogP contribution in [0.5, 0.6) is 5.75 Å². The van der Waals surface area contributed by atoms with Crippen molar-refractivity contribution in [2.75, 3.05) is 13.2 Å². The molecule has 0 saturated carbocycles. The van der Waals surface area contributed by atoms with Gasteiger partial charge in [0.15, 0.2) is 5.54 Å². The molecule has 190 valence electrons. The minimum atomic E-state index is -1.19. The molecule has 37 heavy (non-hydrogen) atoms. The van der Waals surface area contributed by atoms with Crippen LogP contribution in [0.2, 0.25) is 5.02 Å². The van der Waals surface area contributed by atoms with Crippen LogP contribution in [-0.2, 0) is 33.6 Å². The van der Waals surface area contributed by atoms with Crippen LogP contribution in [0, 0.1) is 0 Å². The van der Waals surface area contributed by atoms with Crippen molar-refractivity contribution in [3.8, 4) is 16.9 Å². The Morgan fingerprint density at radius 2 is 1.78 bits per heavy atom. The molecule has 1 aliphatic heterocycles. The third-order valence-corrected chi connectivity index (χ3v) is 6.30. The average Bonchev–Trinajstić information content (AvgIpc) is 3.35. The molecule has 7 heteroatoms. The molecule has 0 aromatic heterocycles. The number of nitrogens with zero attached hydrogens (tertiary/aromatic N) is 1. The van der Waals surface area contributed by atoms with E-state index in [-0.39, 0.29) is 19.4 Å². The number of carbonyl (C=O) groups is 2. The summed E-state index contributed by atoms with van der Waals surface area (Å²) in [6.07, 6.45) is 5.86. The number of aliphatic carboxylic acids is 1. The lowest BCUT2D eigenvalue weighted by molar-refractivity contribution is -0.148. The van der Waals surface area contributed by atoms with Gasteiger partial charge in [0.05, 0.1) is 19.6 Å². The summed E-state index contributed by atoms with van der Waals surface area (Å²) in [5.41, 5.74) is 3.08. The molecule has 6 nitrogen and oxygen atoms in total. The summed E-state index contributed by atoms with van der Waals surface area (Å²) in [6.45, 7) is 2.58. The molecular formula is C30H28ClNO5. The number of rotatable bonds is 11. The molecular weight excluding hydrogens is 490 g/mol. The predicted molar refractivity (Wildman–Crippen MR) is 145 cm³/mol. The van der Waals surface area contributed by atoms with Crippen LogP contribution in [0.4, 0.5) is 0 Å². The zero-order chi connectivity index (χ0) is 26.3. The first kappa shape index (κ1) is 26.2. The number of benzene rings is 3. The van der Waals surface area contributed by atoms with Crippen LogP contribution < -0.4 is 4.74 Å². The van der Waals surface area contributed by atoms with Gasteiger partial charge < -0.3 is 14.6 Å². The third-order valence-electron chi connectivity index (χ3n) is 6.07. The average molecular weight is 518 g/mol. The van der Waals surface area contributed by atoms with Gasteiger partial charge in [0, 0.05) is 24.1 Å². The van der Waals surface area contributed by atoms with Crippen molar-refractivity contribution in [1.82, 2.24) is 0 Å². The van der Waals surface area contributed by atoms with Gasteiger partial charge in [-0.1, -0.05) is 54.1 Å². The molecule has 0 aliphatic carbocycles. The highest BCUT2D eigenvalue weighted by molar-refractivity contribution is 6.30. The molecule has 4 rings (SSSR count). The molecule has 3 aromatic rings. The summed E-state index contributed by atoms with van der Waals surface area (Å²) in [5, 5.41) is 9.80. The fourth-order valence-electron chi connectivity index (χ4n) is 4.32. The van der Waals surface area contributed by atoms with Crippen molar-refractivity contribution in [2.24, 2.45) is 4.99 Å². The summed E-state index contributed by atoms with van der Waals surface area (Å²) in [7, 11) is 0. The lowest BCUT2D eigenvalue weighted by Crippen LogP contribution is -2.38. The summed E-state index contributed by atoms with van der Waals surface area (Å²) < 4.78 is 11.5. The van der Waals surface area contributed by atoms with Gasteiger partial charge in [0.25, 0.3) is 0 Å². The van der Waals surface area contributed by atoms with Crippen LogP contribution in [0.15, 0.2) is 83.9 Å². The topological polar surface area (TPSA) is 85.2 Å². The second kappa shape index (κ2) is 11.9. The van der Waals surface area contributed by atoms with E-state index in [1.165, 1.54) is 0 Å². The molecule has 1 aliphatic rings. The van der Waals surface area contributed by atoms with E-state index in [0.717, 1.165) is 22.3 Å². The van der Waals surface area contributed by atoms with Crippen molar-refractivity contribution < 1.29 is 24.2 Å². The van der Waals surface area contributed by atoms with E-state index in [9.17, 15) is 9.59 Å². The largest absolute Gasteiger partial charge is 0.494 e. The number of allylic oxidation sites excluding steroid dienone is 1. The number of carboxylic acids is 1. The summed E-state index contributed by atoms with van der Waals surface area (Å²) in [6, 6.07) is 20.6. The highest BCUT2D eigenvalue weighted by Gasteiger charge is 2.39. The number of hydrogen-bond donors (Lipinski definition) is 1. The number of aliphatic imine (C=N–C) groups is 1. The Hall–Kier alpha value is -3.90. The number of carbonyl (C=O) groups excluding carboxylic acids is 1. The Morgan fingerprint density at radius 3 is 2.51 bits per heavy atom. The van der Waals surface area contributed by atoms with Gasteiger partial charge in [-0.3, -0.25) is 9.79 Å². The van der Waals surface area contributed by atoms with Crippen LogP contribution in [0.3, 0.4) is 0 Å². The molecule has 0 spiro atoms. The minimum Gasteiger partial charge on any atom is -0.494 e. The second-order valence-electron chi connectivity index (χ2n) is 8.78. The number of hydrogen-bond acceptors (Lipinski definition) is 5. The zero-order valence-electron chi connectivity index (χ0n) is 20.5. The Kier molecular flexibility index (Phi) is 8.41. The highest BCUT2D eigenvalue weighted by atomic mass is 35.5. The Bertz CT molecular complexity index is 1340. The summed E-state index contributed by atoms with van der Waals surface area (Å²) >= 11 is 6.06. The van der Waals surface area contributed by atoms with Crippen LogP contribution >= 0.6 is 11.6 Å². The molecule has 0 amide bonds. The standard InChI is InChI=1S/C30H28ClNO5/c1-2-36-27-11-10-24(23-8-3-7-22(16-23)18-28(33)34)19-25(27)20-30(13-5-14-32-30)29(35)37-15-12-21-6-4-9-26(31)17-21/h3-11,13-14,16-17,19H,2,12,15,18,20H2,1H3,(H,33,34). The fourth-order valence-corrected chi connectivity index (χ4v) is 4.53. The van der Waals surface area contributed by atoms with Gasteiger partial charge >= 0.3 is 11.9 Å². The van der Waals surface area contributed by atoms with Crippen LogP contribution in [-0.4, -0.2) is 42.0 Å². The van der Waals surface area contributed by atoms with E-state index in [1.807, 2.05) is 61.5 Å². The molecule has 0 radical (unpaired) electrons. The monoisotopic (exact) mass is 517 g/mol. The van der Waals surface area contributed by atoms with Crippen molar-refractivity contribution >= 4 is 29.8 Å². The lowest BCUT2D eigenvalue weighted by Gasteiger charge is -2.24. The predicted octanol–water partition coefficient (Wildman–Crippen LogP) is 5.74. The number of halogens is 1. The van der Waals surface area contributed by atoms with Gasteiger partial charge in [0.2, 0.25) is 0 Å². The van der Waals surface area contributed by atoms with Gasteiger partial charge in [-0.25, -0.2) is 4.79 Å². The van der Waals surface area contributed by atoms with E-state index in [2.05, 4.69) is 4.99 Å². The quantitative estimate of drug-likeness (QED) is 0.328. The van der Waals surface area contributed by atoms with Crippen molar-refractivity contribution in [3.05, 3.63) is 101 Å². The maximum absolute atomic E-state index is 13.3. The SMILES string of the molecule is CCOc1ccc(-c2cccc(CC(=O)O)c2)cc1CC1(C(=O)OCCc2cccc(Cl)c2)C=CC=N1. The van der Waals surface area contributed by atoms with Gasteiger partial charge in [-0.2, -0.15) is 0 Å². The van der Waals surface area contributed by atoms with Gasteiger partial charge in [-0.15, -0.1) is 0 Å². The molecule has 1 heterocycles. The van der Waals surface area contributed by atoms with Gasteiger partial charge in [-0.05, 0) is 71.2 Å². The van der Waals surface area contributed by atoms with E-state index < -0.39 is 17.5 Å². The molecule has 0 saturated heterocycles. The van der Waals surface area contributed by atoms with Crippen molar-refractivity contribution in [2.45, 2.75) is 31.7 Å². The number of carboxylic acid groups (broad SMARTS) is 1. The molecule has 0 bridgehead atoms. The fraction of sp³-hybridized carbons (Fsp3) is 0.233. The molecule has 0 fully saturated rings. The number of ether oxygens (including phenoxy) is 2. The van der Waals surface area contributed by atoms with E-state index in [4.69, 9.17) is 26.2 Å². The van der Waals surface area contributed by atoms with Crippen molar-refractivity contribution in [3.63, 3.8) is 0 Å². The first-order chi connectivity index (χ1) is 17.9. The van der Waals surface area contributed by atoms with Crippen LogP contribution in [0.1, 0.15) is 23.6 Å². The maximum Gasteiger partial charge on any atom is 0.338 e.